The molecule has 0 radical (unpaired) electrons. The van der Waals surface area contributed by atoms with Gasteiger partial charge in [0.1, 0.15) is 0 Å². The van der Waals surface area contributed by atoms with Crippen LogP contribution in [0.25, 0.3) is 0 Å². The lowest BCUT2D eigenvalue weighted by atomic mass is 10.1. The van der Waals surface area contributed by atoms with E-state index >= 15 is 0 Å². The Kier molecular flexibility index (Phi) is 5.48. The van der Waals surface area contributed by atoms with Gasteiger partial charge in [0.15, 0.2) is 0 Å². The Labute approximate surface area is 100 Å². The monoisotopic (exact) mass is 303 g/mol. The summed E-state index contributed by atoms with van der Waals surface area (Å²) in [6, 6.07) is 11.2. The topological polar surface area (TPSA) is 12.0 Å². The van der Waals surface area contributed by atoms with Gasteiger partial charge >= 0.3 is 0 Å². The summed E-state index contributed by atoms with van der Waals surface area (Å²) in [6.45, 7) is 5.51. The first-order valence-electron chi connectivity index (χ1n) is 5.07. The molecule has 1 N–H and O–H groups in total. The van der Waals surface area contributed by atoms with Gasteiger partial charge in [-0.1, -0.05) is 66.8 Å². The van der Waals surface area contributed by atoms with Crippen LogP contribution in [-0.2, 0) is 6.54 Å². The lowest BCUT2D eigenvalue weighted by molar-refractivity contribution is 0.436. The molecule has 1 unspecified atom stereocenters. The zero-order valence-corrected chi connectivity index (χ0v) is 11.0. The van der Waals surface area contributed by atoms with Gasteiger partial charge in [0.25, 0.3) is 0 Å². The van der Waals surface area contributed by atoms with Gasteiger partial charge in [0.2, 0.25) is 0 Å². The summed E-state index contributed by atoms with van der Waals surface area (Å²) in [4.78, 5) is 0. The fourth-order valence-electron chi connectivity index (χ4n) is 1.31. The first kappa shape index (κ1) is 12.0. The first-order chi connectivity index (χ1) is 6.74. The normalized spacial score (nSPS) is 13.1. The summed E-state index contributed by atoms with van der Waals surface area (Å²) in [5, 5.41) is 3.58. The molecule has 0 aliphatic carbocycles. The molecule has 0 saturated heterocycles. The maximum absolute atomic E-state index is 3.58. The Morgan fingerprint density at radius 3 is 2.36 bits per heavy atom. The van der Waals surface area contributed by atoms with Crippen molar-refractivity contribution in [1.82, 2.24) is 5.32 Å². The smallest absolute Gasteiger partial charge is 0.0208 e. The average Bonchev–Trinajstić information content (AvgIpc) is 2.20. The van der Waals surface area contributed by atoms with Gasteiger partial charge in [0.05, 0.1) is 0 Å². The van der Waals surface area contributed by atoms with Gasteiger partial charge < -0.3 is 5.32 Å². The maximum atomic E-state index is 3.58. The summed E-state index contributed by atoms with van der Waals surface area (Å²) in [5.41, 5.74) is 1.36. The van der Waals surface area contributed by atoms with Gasteiger partial charge in [-0.3, -0.25) is 0 Å². The second-order valence-electron chi connectivity index (χ2n) is 3.87. The number of nitrogens with one attached hydrogen (secondary N) is 1. The third-order valence-electron chi connectivity index (χ3n) is 2.38. The van der Waals surface area contributed by atoms with E-state index in [4.69, 9.17) is 0 Å². The van der Waals surface area contributed by atoms with Crippen LogP contribution in [0, 0.1) is 5.92 Å². The molecule has 1 atom stereocenters. The van der Waals surface area contributed by atoms with E-state index in [0.29, 0.717) is 12.0 Å². The molecule has 1 nitrogen and oxygen atoms in total. The summed E-state index contributed by atoms with van der Waals surface area (Å²) in [5.74, 6) is 0.704. The molecule has 14 heavy (non-hydrogen) atoms. The van der Waals surface area contributed by atoms with Crippen molar-refractivity contribution in [2.75, 3.05) is 4.43 Å². The predicted octanol–water partition coefficient (Wildman–Crippen LogP) is 3.24. The molecule has 0 aliphatic rings. The van der Waals surface area contributed by atoms with E-state index in [2.05, 4.69) is 72.1 Å². The van der Waals surface area contributed by atoms with Crippen molar-refractivity contribution in [3.8, 4) is 0 Å². The zero-order valence-electron chi connectivity index (χ0n) is 8.83. The summed E-state index contributed by atoms with van der Waals surface area (Å²) >= 11 is 2.44. The number of alkyl halides is 1. The molecule has 2 heteroatoms. The van der Waals surface area contributed by atoms with Crippen LogP contribution < -0.4 is 5.32 Å². The number of benzene rings is 1. The molecule has 0 heterocycles. The van der Waals surface area contributed by atoms with Crippen LogP contribution in [0.1, 0.15) is 19.4 Å². The van der Waals surface area contributed by atoms with Crippen molar-refractivity contribution in [2.45, 2.75) is 26.4 Å². The second kappa shape index (κ2) is 6.40. The van der Waals surface area contributed by atoms with Crippen LogP contribution in [0.3, 0.4) is 0 Å². The standard InChI is InChI=1S/C12H18IN/c1-10(2)12(8-13)14-9-11-6-4-3-5-7-11/h3-7,10,12,14H,8-9H2,1-2H3. The van der Waals surface area contributed by atoms with Gasteiger partial charge in [-0.05, 0) is 11.5 Å². The minimum Gasteiger partial charge on any atom is -0.309 e. The van der Waals surface area contributed by atoms with E-state index < -0.39 is 0 Å². The average molecular weight is 303 g/mol. The lowest BCUT2D eigenvalue weighted by Gasteiger charge is -2.19. The van der Waals surface area contributed by atoms with Crippen molar-refractivity contribution in [2.24, 2.45) is 5.92 Å². The van der Waals surface area contributed by atoms with Crippen molar-refractivity contribution >= 4 is 22.6 Å². The summed E-state index contributed by atoms with van der Waals surface area (Å²) < 4.78 is 1.17. The molecular weight excluding hydrogens is 285 g/mol. The van der Waals surface area contributed by atoms with E-state index in [1.54, 1.807) is 0 Å². The maximum Gasteiger partial charge on any atom is 0.0208 e. The van der Waals surface area contributed by atoms with Crippen LogP contribution >= 0.6 is 22.6 Å². The number of hydrogen-bond acceptors (Lipinski definition) is 1. The largest absolute Gasteiger partial charge is 0.309 e. The van der Waals surface area contributed by atoms with E-state index in [1.165, 1.54) is 9.99 Å². The van der Waals surface area contributed by atoms with E-state index in [9.17, 15) is 0 Å². The Hall–Kier alpha value is -0.0900. The Morgan fingerprint density at radius 2 is 1.86 bits per heavy atom. The molecule has 0 aromatic heterocycles. The molecule has 0 amide bonds. The van der Waals surface area contributed by atoms with Crippen LogP contribution in [0.5, 0.6) is 0 Å². The lowest BCUT2D eigenvalue weighted by Crippen LogP contribution is -2.34. The van der Waals surface area contributed by atoms with Crippen molar-refractivity contribution < 1.29 is 0 Å². The Balaban J connectivity index is 2.40. The highest BCUT2D eigenvalue weighted by Crippen LogP contribution is 2.06. The fraction of sp³-hybridized carbons (Fsp3) is 0.500. The SMILES string of the molecule is CC(C)C(CI)NCc1ccccc1. The molecule has 0 fully saturated rings. The number of halogens is 1. The van der Waals surface area contributed by atoms with E-state index in [1.807, 2.05) is 0 Å². The second-order valence-corrected chi connectivity index (χ2v) is 4.75. The number of hydrogen-bond donors (Lipinski definition) is 1. The molecule has 1 rings (SSSR count). The number of rotatable bonds is 5. The van der Waals surface area contributed by atoms with Gasteiger partial charge in [-0.15, -0.1) is 0 Å². The van der Waals surface area contributed by atoms with Crippen molar-refractivity contribution in [3.63, 3.8) is 0 Å². The highest BCUT2D eigenvalue weighted by Gasteiger charge is 2.09. The quantitative estimate of drug-likeness (QED) is 0.650. The van der Waals surface area contributed by atoms with E-state index in [0.717, 1.165) is 6.54 Å². The highest BCUT2D eigenvalue weighted by atomic mass is 127. The first-order valence-corrected chi connectivity index (χ1v) is 6.60. The van der Waals surface area contributed by atoms with Crippen LogP contribution in [0.2, 0.25) is 0 Å². The zero-order chi connectivity index (χ0) is 10.4. The van der Waals surface area contributed by atoms with Crippen molar-refractivity contribution in [1.29, 1.82) is 0 Å². The van der Waals surface area contributed by atoms with Crippen LogP contribution in [0.15, 0.2) is 30.3 Å². The fourth-order valence-corrected chi connectivity index (χ4v) is 2.64. The van der Waals surface area contributed by atoms with Gasteiger partial charge in [0, 0.05) is 17.0 Å². The van der Waals surface area contributed by atoms with Crippen LogP contribution in [-0.4, -0.2) is 10.5 Å². The van der Waals surface area contributed by atoms with Gasteiger partial charge in [-0.25, -0.2) is 0 Å². The molecule has 0 spiro atoms. The van der Waals surface area contributed by atoms with Crippen LogP contribution in [0.4, 0.5) is 0 Å². The summed E-state index contributed by atoms with van der Waals surface area (Å²) in [7, 11) is 0. The van der Waals surface area contributed by atoms with Gasteiger partial charge in [-0.2, -0.15) is 0 Å². The third kappa shape index (κ3) is 3.96. The highest BCUT2D eigenvalue weighted by molar-refractivity contribution is 14.1. The van der Waals surface area contributed by atoms with E-state index in [-0.39, 0.29) is 0 Å². The molecule has 78 valence electrons. The molecule has 1 aromatic carbocycles. The minimum absolute atomic E-state index is 0.621. The Morgan fingerprint density at radius 1 is 1.21 bits per heavy atom. The molecule has 1 aromatic rings. The predicted molar refractivity (Wildman–Crippen MR) is 70.8 cm³/mol. The molecule has 0 aliphatic heterocycles. The molecule has 0 bridgehead atoms. The summed E-state index contributed by atoms with van der Waals surface area (Å²) in [6.07, 6.45) is 0. The molecular formula is C12H18IN. The Bertz CT molecular complexity index is 246. The van der Waals surface area contributed by atoms with Crippen molar-refractivity contribution in [3.05, 3.63) is 35.9 Å². The minimum atomic E-state index is 0.621. The molecule has 0 saturated carbocycles. The third-order valence-corrected chi connectivity index (χ3v) is 3.33.